The maximum Gasteiger partial charge on any atom is 0.369 e. The van der Waals surface area contributed by atoms with Gasteiger partial charge in [0.15, 0.2) is 0 Å². The number of carbonyl (C=O) groups excluding carboxylic acids is 1. The van der Waals surface area contributed by atoms with Crippen LogP contribution in [0.25, 0.3) is 6.08 Å². The van der Waals surface area contributed by atoms with Crippen molar-refractivity contribution in [2.45, 2.75) is 5.92 Å². The maximum absolute atomic E-state index is 11.2. The van der Waals surface area contributed by atoms with Gasteiger partial charge in [-0.3, -0.25) is 4.98 Å². The summed E-state index contributed by atoms with van der Waals surface area (Å²) in [5, 5.41) is 13.8. The highest BCUT2D eigenvalue weighted by Gasteiger charge is 2.23. The van der Waals surface area contributed by atoms with Crippen LogP contribution in [0.3, 0.4) is 0 Å². The van der Waals surface area contributed by atoms with Crippen LogP contribution < -0.4 is 10.6 Å². The largest absolute Gasteiger partial charge is 0.369 e. The number of fused-ring (bicyclic) bond motifs is 3. The first-order valence-corrected chi connectivity index (χ1v) is 4.67. The highest BCUT2D eigenvalue weighted by Crippen LogP contribution is 2.13. The smallest absolute Gasteiger partial charge is 0.312 e. The first-order chi connectivity index (χ1) is 7.81. The summed E-state index contributed by atoms with van der Waals surface area (Å²) in [6.07, 6.45) is 6.70. The fourth-order valence-electron chi connectivity index (χ4n) is 1.79. The van der Waals surface area contributed by atoms with E-state index in [9.17, 15) is 4.79 Å². The molecule has 0 bridgehead atoms. The third-order valence-corrected chi connectivity index (χ3v) is 2.56. The van der Waals surface area contributed by atoms with Crippen molar-refractivity contribution in [3.05, 3.63) is 40.2 Å². The SMILES string of the molecule is N#CC1C=CC=c2c1ncc1c2=NOC1=O. The normalized spacial score (nSPS) is 19.9. The topological polar surface area (TPSA) is 75.3 Å². The third-order valence-electron chi connectivity index (χ3n) is 2.56. The van der Waals surface area contributed by atoms with Crippen LogP contribution in [0.5, 0.6) is 0 Å². The molecule has 2 aliphatic rings. The van der Waals surface area contributed by atoms with Gasteiger partial charge in [-0.25, -0.2) is 4.79 Å². The molecule has 1 aliphatic heterocycles. The van der Waals surface area contributed by atoms with Crippen LogP contribution in [-0.4, -0.2) is 11.0 Å². The molecule has 0 spiro atoms. The predicted molar refractivity (Wildman–Crippen MR) is 52.4 cm³/mol. The van der Waals surface area contributed by atoms with E-state index in [1.54, 1.807) is 18.2 Å². The molecule has 1 unspecified atom stereocenters. The van der Waals surface area contributed by atoms with Gasteiger partial charge in [-0.2, -0.15) is 5.26 Å². The summed E-state index contributed by atoms with van der Waals surface area (Å²) in [5.41, 5.74) is 0.966. The number of pyridine rings is 1. The van der Waals surface area contributed by atoms with E-state index in [2.05, 4.69) is 21.0 Å². The van der Waals surface area contributed by atoms with Crippen molar-refractivity contribution in [2.24, 2.45) is 5.16 Å². The minimum atomic E-state index is -0.498. The monoisotopic (exact) mass is 211 g/mol. The Morgan fingerprint density at radius 2 is 2.38 bits per heavy atom. The lowest BCUT2D eigenvalue weighted by molar-refractivity contribution is 0.0543. The first-order valence-electron chi connectivity index (χ1n) is 4.67. The van der Waals surface area contributed by atoms with Gasteiger partial charge in [0.05, 0.1) is 11.8 Å². The number of carbonyl (C=O) groups is 1. The Morgan fingerprint density at radius 3 is 3.19 bits per heavy atom. The van der Waals surface area contributed by atoms with E-state index in [4.69, 9.17) is 5.26 Å². The van der Waals surface area contributed by atoms with Gasteiger partial charge in [0, 0.05) is 11.4 Å². The average Bonchev–Trinajstić information content (AvgIpc) is 2.70. The molecule has 5 heteroatoms. The lowest BCUT2D eigenvalue weighted by Gasteiger charge is -2.07. The third kappa shape index (κ3) is 1.01. The molecular formula is C11H5N3O2. The molecule has 76 valence electrons. The minimum absolute atomic E-state index is 0.349. The Balaban J connectivity index is 2.41. The van der Waals surface area contributed by atoms with Crippen LogP contribution in [-0.2, 0) is 4.84 Å². The van der Waals surface area contributed by atoms with Crippen molar-refractivity contribution in [1.29, 1.82) is 5.26 Å². The van der Waals surface area contributed by atoms with Crippen molar-refractivity contribution in [3.8, 4) is 6.07 Å². The summed E-state index contributed by atoms with van der Waals surface area (Å²) in [4.78, 5) is 20.0. The summed E-state index contributed by atoms with van der Waals surface area (Å²) < 4.78 is 0. The molecule has 5 nitrogen and oxygen atoms in total. The van der Waals surface area contributed by atoms with Crippen LogP contribution in [0, 0.1) is 11.3 Å². The molecule has 0 radical (unpaired) electrons. The fourth-order valence-corrected chi connectivity index (χ4v) is 1.79. The molecule has 1 aliphatic carbocycles. The highest BCUT2D eigenvalue weighted by atomic mass is 16.7. The molecule has 0 fully saturated rings. The molecule has 0 amide bonds. The second-order valence-corrected chi connectivity index (χ2v) is 3.45. The van der Waals surface area contributed by atoms with Gasteiger partial charge in [0.2, 0.25) is 0 Å². The van der Waals surface area contributed by atoms with Crippen LogP contribution in [0.15, 0.2) is 23.5 Å². The van der Waals surface area contributed by atoms with E-state index in [0.29, 0.717) is 21.8 Å². The van der Waals surface area contributed by atoms with Gasteiger partial charge in [-0.15, -0.1) is 0 Å². The fraction of sp³-hybridized carbons (Fsp3) is 0.0909. The molecule has 0 saturated heterocycles. The zero-order chi connectivity index (χ0) is 11.1. The Hall–Kier alpha value is -2.48. The lowest BCUT2D eigenvalue weighted by Crippen LogP contribution is -2.34. The van der Waals surface area contributed by atoms with Gasteiger partial charge in [0.1, 0.15) is 16.8 Å². The van der Waals surface area contributed by atoms with E-state index in [1.165, 1.54) is 6.20 Å². The Bertz CT molecular complexity index is 682. The molecule has 1 atom stereocenters. The van der Waals surface area contributed by atoms with Crippen molar-refractivity contribution >= 4 is 12.0 Å². The number of allylic oxidation sites excluding steroid dienone is 2. The average molecular weight is 211 g/mol. The minimum Gasteiger partial charge on any atom is -0.312 e. The molecule has 3 rings (SSSR count). The van der Waals surface area contributed by atoms with Crippen LogP contribution >= 0.6 is 0 Å². The summed E-state index contributed by atoms with van der Waals surface area (Å²) in [6, 6.07) is 2.13. The Morgan fingerprint density at radius 1 is 1.50 bits per heavy atom. The van der Waals surface area contributed by atoms with Crippen LogP contribution in [0.2, 0.25) is 0 Å². The molecule has 16 heavy (non-hydrogen) atoms. The first kappa shape index (κ1) is 8.80. The second-order valence-electron chi connectivity index (χ2n) is 3.45. The van der Waals surface area contributed by atoms with Gasteiger partial charge in [-0.1, -0.05) is 23.4 Å². The number of hydrogen-bond donors (Lipinski definition) is 0. The highest BCUT2D eigenvalue weighted by molar-refractivity contribution is 5.90. The van der Waals surface area contributed by atoms with E-state index in [-0.39, 0.29) is 0 Å². The van der Waals surface area contributed by atoms with Gasteiger partial charge in [-0.05, 0) is 0 Å². The quantitative estimate of drug-likeness (QED) is 0.554. The lowest BCUT2D eigenvalue weighted by atomic mass is 9.98. The zero-order valence-corrected chi connectivity index (χ0v) is 8.04. The van der Waals surface area contributed by atoms with Crippen molar-refractivity contribution in [3.63, 3.8) is 0 Å². The Kier molecular flexibility index (Phi) is 1.65. The summed E-state index contributed by atoms with van der Waals surface area (Å²) >= 11 is 0. The van der Waals surface area contributed by atoms with Gasteiger partial charge < -0.3 is 4.84 Å². The van der Waals surface area contributed by atoms with Gasteiger partial charge in [0.25, 0.3) is 0 Å². The molecular weight excluding hydrogens is 206 g/mol. The number of nitriles is 1. The van der Waals surface area contributed by atoms with Crippen LogP contribution in [0.4, 0.5) is 0 Å². The number of nitrogens with zero attached hydrogens (tertiary/aromatic N) is 3. The Labute approximate surface area is 90.0 Å². The van der Waals surface area contributed by atoms with Crippen molar-refractivity contribution in [1.82, 2.24) is 4.98 Å². The molecule has 2 heterocycles. The molecule has 0 N–H and O–H groups in total. The summed E-state index contributed by atoms with van der Waals surface area (Å²) in [5.74, 6) is -0.891. The molecule has 1 aromatic heterocycles. The summed E-state index contributed by atoms with van der Waals surface area (Å²) in [6.45, 7) is 0. The van der Waals surface area contributed by atoms with Gasteiger partial charge >= 0.3 is 5.97 Å². The number of rotatable bonds is 0. The number of aromatic nitrogens is 1. The van der Waals surface area contributed by atoms with E-state index in [0.717, 1.165) is 0 Å². The van der Waals surface area contributed by atoms with E-state index < -0.39 is 11.9 Å². The molecule has 1 aromatic rings. The van der Waals surface area contributed by atoms with E-state index in [1.807, 2.05) is 0 Å². The second kappa shape index (κ2) is 3.00. The predicted octanol–water partition coefficient (Wildman–Crippen LogP) is -0.256. The standard InChI is InChI=1S/C11H5N3O2/c12-4-6-2-1-3-7-9(6)13-5-8-10(7)14-16-11(8)15/h1-3,5-6H. The van der Waals surface area contributed by atoms with Crippen molar-refractivity contribution < 1.29 is 9.63 Å². The number of hydrogen-bond acceptors (Lipinski definition) is 5. The zero-order valence-electron chi connectivity index (χ0n) is 8.04. The summed E-state index contributed by atoms with van der Waals surface area (Å²) in [7, 11) is 0. The molecule has 0 aromatic carbocycles. The van der Waals surface area contributed by atoms with E-state index >= 15 is 0 Å². The van der Waals surface area contributed by atoms with Crippen molar-refractivity contribution in [2.75, 3.05) is 0 Å². The maximum atomic E-state index is 11.2. The van der Waals surface area contributed by atoms with Crippen LogP contribution in [0.1, 0.15) is 22.0 Å². The molecule has 0 saturated carbocycles.